The van der Waals surface area contributed by atoms with E-state index in [1.54, 1.807) is 0 Å². The minimum absolute atomic E-state index is 0.192. The summed E-state index contributed by atoms with van der Waals surface area (Å²) in [6.45, 7) is 1.60. The fourth-order valence-electron chi connectivity index (χ4n) is 2.09. The molecule has 0 atom stereocenters. The number of piperidine rings is 1. The van der Waals surface area contributed by atoms with Gasteiger partial charge in [0, 0.05) is 5.38 Å². The third-order valence-corrected chi connectivity index (χ3v) is 4.30. The maximum absolute atomic E-state index is 12.5. The predicted molar refractivity (Wildman–Crippen MR) is 65.7 cm³/mol. The molecule has 0 N–H and O–H groups in total. The van der Waals surface area contributed by atoms with E-state index in [-0.39, 0.29) is 12.8 Å². The first-order valence-corrected chi connectivity index (χ1v) is 7.19. The lowest BCUT2D eigenvalue weighted by atomic mass is 9.96. The van der Waals surface area contributed by atoms with Crippen LogP contribution in [0.2, 0.25) is 0 Å². The average molecular weight is 299 g/mol. The molecule has 2 heterocycles. The number of likely N-dealkylation sites (tertiary alicyclic amines) is 1. The Hall–Kier alpha value is -0.330. The van der Waals surface area contributed by atoms with Crippen LogP contribution in [0.3, 0.4) is 0 Å². The third-order valence-electron chi connectivity index (χ3n) is 3.15. The molecule has 2 nitrogen and oxygen atoms in total. The Kier molecular flexibility index (Phi) is 4.50. The molecule has 1 aliphatic rings. The highest BCUT2D eigenvalue weighted by Gasteiger charge is 2.40. The minimum Gasteiger partial charge on any atom is -0.297 e. The summed E-state index contributed by atoms with van der Waals surface area (Å²) in [5.74, 6) is -0.754. The Balaban J connectivity index is 1.83. The van der Waals surface area contributed by atoms with Crippen LogP contribution in [0.5, 0.6) is 0 Å². The quantitative estimate of drug-likeness (QED) is 0.792. The first kappa shape index (κ1) is 14.1. The Labute approximate surface area is 113 Å². The Morgan fingerprint density at radius 1 is 1.39 bits per heavy atom. The monoisotopic (exact) mass is 298 g/mol. The van der Waals surface area contributed by atoms with Gasteiger partial charge in [-0.05, 0) is 25.9 Å². The third kappa shape index (κ3) is 3.59. The van der Waals surface area contributed by atoms with Crippen LogP contribution in [0.4, 0.5) is 13.2 Å². The summed E-state index contributed by atoms with van der Waals surface area (Å²) < 4.78 is 37.5. The van der Waals surface area contributed by atoms with Gasteiger partial charge in [-0.15, -0.1) is 22.9 Å². The molecule has 102 valence electrons. The second-order valence-electron chi connectivity index (χ2n) is 4.46. The fourth-order valence-corrected chi connectivity index (χ4v) is 3.16. The first-order valence-electron chi connectivity index (χ1n) is 5.77. The molecule has 1 aromatic rings. The molecule has 0 bridgehead atoms. The summed E-state index contributed by atoms with van der Waals surface area (Å²) in [5.41, 5.74) is 0.835. The SMILES string of the molecule is FC(F)(F)C1CCN(Cc2nc(CCl)cs2)CC1. The van der Waals surface area contributed by atoms with Crippen molar-refractivity contribution in [3.05, 3.63) is 16.1 Å². The van der Waals surface area contributed by atoms with E-state index in [0.29, 0.717) is 25.5 Å². The van der Waals surface area contributed by atoms with E-state index in [9.17, 15) is 13.2 Å². The van der Waals surface area contributed by atoms with Crippen LogP contribution in [0.25, 0.3) is 0 Å². The molecule has 1 fully saturated rings. The Morgan fingerprint density at radius 3 is 2.56 bits per heavy atom. The molecule has 0 aromatic carbocycles. The zero-order chi connectivity index (χ0) is 13.2. The molecule has 0 unspecified atom stereocenters. The summed E-state index contributed by atoms with van der Waals surface area (Å²) in [6.07, 6.45) is -3.66. The largest absolute Gasteiger partial charge is 0.391 e. The fraction of sp³-hybridized carbons (Fsp3) is 0.727. The molecule has 2 rings (SSSR count). The van der Waals surface area contributed by atoms with Crippen LogP contribution in [-0.4, -0.2) is 29.1 Å². The Morgan fingerprint density at radius 2 is 2.06 bits per heavy atom. The average Bonchev–Trinajstić information content (AvgIpc) is 2.76. The summed E-state index contributed by atoms with van der Waals surface area (Å²) in [4.78, 5) is 6.34. The van der Waals surface area contributed by atoms with Gasteiger partial charge in [-0.1, -0.05) is 0 Å². The summed E-state index contributed by atoms with van der Waals surface area (Å²) >= 11 is 7.17. The van der Waals surface area contributed by atoms with Crippen molar-refractivity contribution in [3.8, 4) is 0 Å². The number of hydrogen-bond donors (Lipinski definition) is 0. The second kappa shape index (κ2) is 5.75. The van der Waals surface area contributed by atoms with Gasteiger partial charge in [-0.3, -0.25) is 4.90 Å². The van der Waals surface area contributed by atoms with E-state index >= 15 is 0 Å². The normalized spacial score (nSPS) is 19.3. The Bertz CT molecular complexity index is 386. The topological polar surface area (TPSA) is 16.1 Å². The minimum atomic E-state index is -4.04. The maximum atomic E-state index is 12.5. The first-order chi connectivity index (χ1) is 8.49. The van der Waals surface area contributed by atoms with Gasteiger partial charge in [0.05, 0.1) is 24.0 Å². The van der Waals surface area contributed by atoms with E-state index in [4.69, 9.17) is 11.6 Å². The summed E-state index contributed by atoms with van der Waals surface area (Å²) in [6, 6.07) is 0. The van der Waals surface area contributed by atoms with Crippen LogP contribution in [-0.2, 0) is 12.4 Å². The number of alkyl halides is 4. The number of halogens is 4. The number of hydrogen-bond acceptors (Lipinski definition) is 3. The highest BCUT2D eigenvalue weighted by atomic mass is 35.5. The van der Waals surface area contributed by atoms with Gasteiger partial charge >= 0.3 is 6.18 Å². The number of aromatic nitrogens is 1. The number of rotatable bonds is 3. The van der Waals surface area contributed by atoms with E-state index in [0.717, 1.165) is 10.7 Å². The highest BCUT2D eigenvalue weighted by molar-refractivity contribution is 7.09. The van der Waals surface area contributed by atoms with Gasteiger partial charge in [0.25, 0.3) is 0 Å². The van der Waals surface area contributed by atoms with Crippen LogP contribution >= 0.6 is 22.9 Å². The lowest BCUT2D eigenvalue weighted by Crippen LogP contribution is -2.38. The number of nitrogens with zero attached hydrogens (tertiary/aromatic N) is 2. The van der Waals surface area contributed by atoms with E-state index in [2.05, 4.69) is 4.98 Å². The molecule has 1 aromatic heterocycles. The van der Waals surface area contributed by atoms with Crippen molar-refractivity contribution in [3.63, 3.8) is 0 Å². The van der Waals surface area contributed by atoms with Crippen molar-refractivity contribution < 1.29 is 13.2 Å². The maximum Gasteiger partial charge on any atom is 0.391 e. The lowest BCUT2D eigenvalue weighted by Gasteiger charge is -2.32. The van der Waals surface area contributed by atoms with Crippen LogP contribution in [0, 0.1) is 5.92 Å². The highest BCUT2D eigenvalue weighted by Crippen LogP contribution is 2.34. The zero-order valence-electron chi connectivity index (χ0n) is 9.71. The van der Waals surface area contributed by atoms with Gasteiger partial charge < -0.3 is 0 Å². The summed E-state index contributed by atoms with van der Waals surface area (Å²) in [7, 11) is 0. The smallest absolute Gasteiger partial charge is 0.297 e. The molecule has 1 saturated heterocycles. The van der Waals surface area contributed by atoms with Crippen molar-refractivity contribution in [1.29, 1.82) is 0 Å². The molecule has 0 radical (unpaired) electrons. The van der Waals surface area contributed by atoms with Crippen LogP contribution < -0.4 is 0 Å². The van der Waals surface area contributed by atoms with Gasteiger partial charge in [-0.2, -0.15) is 13.2 Å². The van der Waals surface area contributed by atoms with Gasteiger partial charge in [0.2, 0.25) is 0 Å². The van der Waals surface area contributed by atoms with Crippen molar-refractivity contribution in [2.45, 2.75) is 31.4 Å². The summed E-state index contributed by atoms with van der Waals surface area (Å²) in [5, 5.41) is 2.82. The van der Waals surface area contributed by atoms with E-state index in [1.165, 1.54) is 11.3 Å². The molecule has 7 heteroatoms. The molecular weight excluding hydrogens is 285 g/mol. The van der Waals surface area contributed by atoms with Crippen molar-refractivity contribution in [1.82, 2.24) is 9.88 Å². The van der Waals surface area contributed by atoms with E-state index < -0.39 is 12.1 Å². The molecule has 0 amide bonds. The molecule has 1 aliphatic heterocycles. The second-order valence-corrected chi connectivity index (χ2v) is 5.67. The standard InChI is InChI=1S/C11H14ClF3N2S/c12-5-9-7-18-10(16-9)6-17-3-1-8(2-4-17)11(13,14)15/h7-8H,1-6H2. The van der Waals surface area contributed by atoms with Crippen molar-refractivity contribution >= 4 is 22.9 Å². The lowest BCUT2D eigenvalue weighted by molar-refractivity contribution is -0.185. The molecule has 0 saturated carbocycles. The molecule has 0 spiro atoms. The molecule has 0 aliphatic carbocycles. The molecule has 18 heavy (non-hydrogen) atoms. The van der Waals surface area contributed by atoms with Crippen molar-refractivity contribution in [2.24, 2.45) is 5.92 Å². The zero-order valence-corrected chi connectivity index (χ0v) is 11.3. The van der Waals surface area contributed by atoms with Crippen LogP contribution in [0.15, 0.2) is 5.38 Å². The predicted octanol–water partition coefficient (Wildman–Crippen LogP) is 3.66. The van der Waals surface area contributed by atoms with Gasteiger partial charge in [-0.25, -0.2) is 4.98 Å². The van der Waals surface area contributed by atoms with Crippen LogP contribution in [0.1, 0.15) is 23.5 Å². The van der Waals surface area contributed by atoms with E-state index in [1.807, 2.05) is 10.3 Å². The van der Waals surface area contributed by atoms with Crippen molar-refractivity contribution in [2.75, 3.05) is 13.1 Å². The van der Waals surface area contributed by atoms with Gasteiger partial charge in [0.1, 0.15) is 5.01 Å². The number of thiazole rings is 1. The molecular formula is C11H14ClF3N2S. The van der Waals surface area contributed by atoms with Gasteiger partial charge in [0.15, 0.2) is 0 Å².